The van der Waals surface area contributed by atoms with Gasteiger partial charge in [0.15, 0.2) is 0 Å². The first-order chi connectivity index (χ1) is 11.3. The number of nitrogens with zero attached hydrogens (tertiary/aromatic N) is 1. The molecule has 1 saturated heterocycles. The highest BCUT2D eigenvalue weighted by molar-refractivity contribution is 5.96. The number of hydrogen-bond acceptors (Lipinski definition) is 4. The molecule has 1 aromatic carbocycles. The number of alkyl halides is 3. The van der Waals surface area contributed by atoms with Gasteiger partial charge in [-0.15, -0.1) is 0 Å². The molecule has 1 aliphatic rings. The Hall–Kier alpha value is -2.51. The lowest BCUT2D eigenvalue weighted by molar-refractivity contribution is -0.165. The number of halogens is 3. The van der Waals surface area contributed by atoms with Gasteiger partial charge >= 0.3 is 6.18 Å². The summed E-state index contributed by atoms with van der Waals surface area (Å²) in [4.78, 5) is 24.7. The Morgan fingerprint density at radius 2 is 2.12 bits per heavy atom. The number of rotatable bonds is 5. The fraction of sp³-hybridized carbons (Fsp3) is 0.375. The monoisotopic (exact) mass is 342 g/mol. The van der Waals surface area contributed by atoms with Gasteiger partial charge in [-0.1, -0.05) is 6.07 Å². The minimum atomic E-state index is -4.91. The maximum atomic E-state index is 12.3. The lowest BCUT2D eigenvalue weighted by Gasteiger charge is -2.22. The largest absolute Gasteiger partial charge is 0.497 e. The van der Waals surface area contributed by atoms with Crippen LogP contribution in [0.25, 0.3) is 0 Å². The number of hydrogen-bond donors (Lipinski definition) is 1. The number of methoxy groups -OCH3 is 1. The summed E-state index contributed by atoms with van der Waals surface area (Å²) < 4.78 is 41.7. The lowest BCUT2D eigenvalue weighted by Crippen LogP contribution is -2.36. The van der Waals surface area contributed by atoms with Crippen molar-refractivity contribution >= 4 is 17.4 Å². The van der Waals surface area contributed by atoms with Gasteiger partial charge in [-0.2, -0.15) is 13.2 Å². The van der Waals surface area contributed by atoms with Crippen molar-refractivity contribution in [3.8, 4) is 5.75 Å². The number of ketones is 1. The molecule has 0 bridgehead atoms. The number of carbonyl (C=O) groups is 2. The van der Waals surface area contributed by atoms with Gasteiger partial charge in [0.05, 0.1) is 7.11 Å². The van der Waals surface area contributed by atoms with Crippen molar-refractivity contribution in [3.05, 3.63) is 36.5 Å². The van der Waals surface area contributed by atoms with Crippen molar-refractivity contribution in [2.45, 2.75) is 25.1 Å². The zero-order valence-corrected chi connectivity index (χ0v) is 13.0. The summed E-state index contributed by atoms with van der Waals surface area (Å²) >= 11 is 0. The second-order valence-corrected chi connectivity index (χ2v) is 5.29. The van der Waals surface area contributed by atoms with E-state index < -0.39 is 18.0 Å². The summed E-state index contributed by atoms with van der Waals surface area (Å²) in [5.41, 5.74) is 0.529. The predicted octanol–water partition coefficient (Wildman–Crippen LogP) is 2.74. The maximum absolute atomic E-state index is 12.3. The van der Waals surface area contributed by atoms with E-state index >= 15 is 0 Å². The van der Waals surface area contributed by atoms with Crippen molar-refractivity contribution in [3.63, 3.8) is 0 Å². The minimum Gasteiger partial charge on any atom is -0.497 e. The van der Waals surface area contributed by atoms with Crippen molar-refractivity contribution in [1.82, 2.24) is 4.90 Å². The molecule has 0 radical (unpaired) electrons. The third kappa shape index (κ3) is 4.50. The summed E-state index contributed by atoms with van der Waals surface area (Å²) in [5.74, 6) is -1.71. The first kappa shape index (κ1) is 17.8. The summed E-state index contributed by atoms with van der Waals surface area (Å²) in [6, 6.07) is 6.14. The summed E-state index contributed by atoms with van der Waals surface area (Å²) in [6.07, 6.45) is -2.26. The number of likely N-dealkylation sites (tertiary alicyclic amines) is 1. The quantitative estimate of drug-likeness (QED) is 0.836. The first-order valence-electron chi connectivity index (χ1n) is 7.31. The topological polar surface area (TPSA) is 58.6 Å². The Labute approximate surface area is 137 Å². The van der Waals surface area contributed by atoms with Crippen LogP contribution in [-0.4, -0.2) is 42.5 Å². The van der Waals surface area contributed by atoms with Gasteiger partial charge in [0, 0.05) is 30.6 Å². The molecule has 1 fully saturated rings. The molecule has 8 heteroatoms. The Kier molecular flexibility index (Phi) is 5.48. The highest BCUT2D eigenvalue weighted by Crippen LogP contribution is 2.22. The van der Waals surface area contributed by atoms with Crippen molar-refractivity contribution in [2.75, 3.05) is 19.0 Å². The average Bonchev–Trinajstić information content (AvgIpc) is 3.00. The minimum absolute atomic E-state index is 0.343. The van der Waals surface area contributed by atoms with E-state index in [1.54, 1.807) is 24.3 Å². The molecule has 2 rings (SSSR count). The standard InChI is InChI=1S/C16H17F3N2O3/c1-24-12-5-2-4-11(10-12)20-15(23)13-6-3-8-21(13)9-7-14(22)16(17,18)19/h2,4-5,7,9-10,13H,3,6,8H2,1H3,(H,20,23)/b9-7+/t13-/m0/s1. The van der Waals surface area contributed by atoms with Crippen molar-refractivity contribution in [1.29, 1.82) is 0 Å². The molecular formula is C16H17F3N2O3. The molecule has 1 amide bonds. The molecule has 0 aliphatic carbocycles. The zero-order valence-electron chi connectivity index (χ0n) is 13.0. The Balaban J connectivity index is 2.02. The molecule has 0 unspecified atom stereocenters. The molecule has 5 nitrogen and oxygen atoms in total. The van der Waals surface area contributed by atoms with Crippen LogP contribution in [-0.2, 0) is 9.59 Å². The van der Waals surface area contributed by atoms with E-state index in [4.69, 9.17) is 4.74 Å². The molecule has 1 heterocycles. The Morgan fingerprint density at radius 3 is 2.79 bits per heavy atom. The molecule has 1 aliphatic heterocycles. The van der Waals surface area contributed by atoms with E-state index in [-0.39, 0.29) is 5.91 Å². The maximum Gasteiger partial charge on any atom is 0.454 e. The number of ether oxygens (including phenoxy) is 1. The van der Waals surface area contributed by atoms with Gasteiger partial charge in [-0.3, -0.25) is 9.59 Å². The van der Waals surface area contributed by atoms with Crippen LogP contribution in [0.5, 0.6) is 5.75 Å². The third-order valence-corrected chi connectivity index (χ3v) is 3.63. The van der Waals surface area contributed by atoms with Gasteiger partial charge < -0.3 is 15.0 Å². The highest BCUT2D eigenvalue weighted by atomic mass is 19.4. The van der Waals surface area contributed by atoms with Crippen molar-refractivity contribution < 1.29 is 27.5 Å². The van der Waals surface area contributed by atoms with Crippen LogP contribution in [0.2, 0.25) is 0 Å². The second-order valence-electron chi connectivity index (χ2n) is 5.29. The summed E-state index contributed by atoms with van der Waals surface area (Å²) in [6.45, 7) is 0.415. The van der Waals surface area contributed by atoms with Crippen molar-refractivity contribution in [2.24, 2.45) is 0 Å². The van der Waals surface area contributed by atoms with Gasteiger partial charge in [0.2, 0.25) is 5.91 Å². The van der Waals surface area contributed by atoms with Gasteiger partial charge in [-0.25, -0.2) is 0 Å². The first-order valence-corrected chi connectivity index (χ1v) is 7.31. The Morgan fingerprint density at radius 1 is 1.38 bits per heavy atom. The van der Waals surface area contributed by atoms with E-state index in [2.05, 4.69) is 5.32 Å². The molecule has 0 saturated carbocycles. The number of carbonyl (C=O) groups excluding carboxylic acids is 2. The van der Waals surface area contributed by atoms with Crippen LogP contribution >= 0.6 is 0 Å². The Bertz CT molecular complexity index is 644. The van der Waals surface area contributed by atoms with E-state index in [1.807, 2.05) is 0 Å². The second kappa shape index (κ2) is 7.37. The van der Waals surface area contributed by atoms with Gasteiger partial charge in [0.1, 0.15) is 11.8 Å². The van der Waals surface area contributed by atoms with E-state index in [0.29, 0.717) is 36.9 Å². The molecule has 130 valence electrons. The number of amides is 1. The smallest absolute Gasteiger partial charge is 0.454 e. The lowest BCUT2D eigenvalue weighted by atomic mass is 10.2. The van der Waals surface area contributed by atoms with Gasteiger partial charge in [0.25, 0.3) is 5.78 Å². The SMILES string of the molecule is COc1cccc(NC(=O)[C@@H]2CCCN2/C=C/C(=O)C(F)(F)F)c1. The summed E-state index contributed by atoms with van der Waals surface area (Å²) in [5, 5.41) is 2.70. The van der Waals surface area contributed by atoms with E-state index in [1.165, 1.54) is 12.0 Å². The van der Waals surface area contributed by atoms with Gasteiger partial charge in [-0.05, 0) is 25.0 Å². The third-order valence-electron chi connectivity index (χ3n) is 3.63. The fourth-order valence-corrected chi connectivity index (χ4v) is 2.43. The molecule has 0 aromatic heterocycles. The van der Waals surface area contributed by atoms with Crippen LogP contribution in [0.3, 0.4) is 0 Å². The molecular weight excluding hydrogens is 325 g/mol. The number of allylic oxidation sites excluding steroid dienone is 1. The number of benzene rings is 1. The van der Waals surface area contributed by atoms with Crippen LogP contribution < -0.4 is 10.1 Å². The van der Waals surface area contributed by atoms with Crippen LogP contribution in [0, 0.1) is 0 Å². The predicted molar refractivity (Wildman–Crippen MR) is 81.6 cm³/mol. The fourth-order valence-electron chi connectivity index (χ4n) is 2.43. The van der Waals surface area contributed by atoms with Crippen LogP contribution in [0.15, 0.2) is 36.5 Å². The summed E-state index contributed by atoms with van der Waals surface area (Å²) in [7, 11) is 1.50. The average molecular weight is 342 g/mol. The van der Waals surface area contributed by atoms with E-state index in [9.17, 15) is 22.8 Å². The molecule has 1 atom stereocenters. The van der Waals surface area contributed by atoms with Crippen LogP contribution in [0.1, 0.15) is 12.8 Å². The number of nitrogens with one attached hydrogen (secondary N) is 1. The normalized spacial score (nSPS) is 18.0. The molecule has 1 N–H and O–H groups in total. The van der Waals surface area contributed by atoms with Crippen LogP contribution in [0.4, 0.5) is 18.9 Å². The molecule has 0 spiro atoms. The number of anilines is 1. The molecule has 24 heavy (non-hydrogen) atoms. The van der Waals surface area contributed by atoms with E-state index in [0.717, 1.165) is 6.20 Å². The molecule has 1 aromatic rings. The highest BCUT2D eigenvalue weighted by Gasteiger charge is 2.37. The zero-order chi connectivity index (χ0) is 17.7.